The first-order chi connectivity index (χ1) is 12.0. The molecular formula is C18H33N2O5S+. The fourth-order valence-electron chi connectivity index (χ4n) is 3.07. The zero-order chi connectivity index (χ0) is 20.0. The molecule has 0 aliphatic carbocycles. The summed E-state index contributed by atoms with van der Waals surface area (Å²) >= 11 is 1.47. The quantitative estimate of drug-likeness (QED) is 0.438. The van der Waals surface area contributed by atoms with E-state index in [0.29, 0.717) is 29.3 Å². The molecule has 150 valence electrons. The number of thioether (sulfide) groups is 1. The Morgan fingerprint density at radius 1 is 1.35 bits per heavy atom. The Bertz CT molecular complexity index is 518. The molecule has 26 heavy (non-hydrogen) atoms. The second kappa shape index (κ2) is 9.69. The molecule has 8 heteroatoms. The normalized spacial score (nSPS) is 21.8. The second-order valence-electron chi connectivity index (χ2n) is 8.35. The van der Waals surface area contributed by atoms with E-state index in [1.165, 1.54) is 11.8 Å². The summed E-state index contributed by atoms with van der Waals surface area (Å²) in [6, 6.07) is 0.0349. The Hall–Kier alpha value is -1.15. The number of carboxylic acid groups (broad SMARTS) is 1. The lowest BCUT2D eigenvalue weighted by Crippen LogP contribution is -2.54. The number of hydrogen-bond acceptors (Lipinski definition) is 6. The Balaban J connectivity index is 2.57. The lowest BCUT2D eigenvalue weighted by molar-refractivity contribution is -0.590. The van der Waals surface area contributed by atoms with E-state index in [4.69, 9.17) is 4.74 Å². The number of rotatable bonds is 10. The van der Waals surface area contributed by atoms with Crippen molar-refractivity contribution in [2.75, 3.05) is 24.6 Å². The Morgan fingerprint density at radius 3 is 2.46 bits per heavy atom. The summed E-state index contributed by atoms with van der Waals surface area (Å²) in [4.78, 5) is 35.5. The van der Waals surface area contributed by atoms with E-state index < -0.39 is 17.1 Å². The lowest BCUT2D eigenvalue weighted by Gasteiger charge is -2.24. The molecule has 0 radical (unpaired) electrons. The Labute approximate surface area is 160 Å². The topological polar surface area (TPSA) is 95.7 Å². The number of esters is 1. The average molecular weight is 390 g/mol. The maximum absolute atomic E-state index is 12.0. The minimum atomic E-state index is -1.37. The highest BCUT2D eigenvalue weighted by molar-refractivity contribution is 7.99. The van der Waals surface area contributed by atoms with E-state index in [1.807, 2.05) is 20.8 Å². The van der Waals surface area contributed by atoms with Gasteiger partial charge in [0.2, 0.25) is 0 Å². The van der Waals surface area contributed by atoms with Crippen molar-refractivity contribution in [1.82, 2.24) is 5.32 Å². The largest absolute Gasteiger partial charge is 0.476 e. The molecule has 0 bridgehead atoms. The van der Waals surface area contributed by atoms with Crippen molar-refractivity contribution >= 4 is 23.7 Å². The number of nitrogens with one attached hydrogen (secondary N) is 1. The molecule has 0 saturated carbocycles. The van der Waals surface area contributed by atoms with E-state index in [-0.39, 0.29) is 30.9 Å². The van der Waals surface area contributed by atoms with Crippen molar-refractivity contribution in [2.45, 2.75) is 71.1 Å². The minimum Gasteiger partial charge on any atom is -0.476 e. The molecule has 1 rings (SSSR count). The zero-order valence-electron chi connectivity index (χ0n) is 16.5. The molecular weight excluding hydrogens is 356 g/mol. The van der Waals surface area contributed by atoms with Gasteiger partial charge >= 0.3 is 17.5 Å². The molecule has 1 aliphatic heterocycles. The van der Waals surface area contributed by atoms with Gasteiger partial charge in [0.15, 0.2) is 6.54 Å². The summed E-state index contributed by atoms with van der Waals surface area (Å²) in [6.45, 7) is 10.1. The number of carbonyl (C=O) groups is 2. The predicted octanol–water partition coefficient (Wildman–Crippen LogP) is 2.46. The van der Waals surface area contributed by atoms with Crippen LogP contribution in [0.1, 0.15) is 53.9 Å². The molecule has 0 aromatic rings. The van der Waals surface area contributed by atoms with Gasteiger partial charge in [-0.25, -0.2) is 4.79 Å². The number of nitrogens with zero attached hydrogens (tertiary/aromatic N) is 1. The van der Waals surface area contributed by atoms with Crippen molar-refractivity contribution in [2.24, 2.45) is 5.92 Å². The SMILES string of the molecule is CC(C)C[C@@H](CSCC(=O)OC(C)(C)C)NC[C@@]1(C(=O)O)CCC[N+]1=O. The van der Waals surface area contributed by atoms with Gasteiger partial charge in [-0.15, -0.1) is 11.8 Å². The summed E-state index contributed by atoms with van der Waals surface area (Å²) in [5.41, 5.74) is -1.87. The van der Waals surface area contributed by atoms with Gasteiger partial charge in [0.1, 0.15) is 5.60 Å². The van der Waals surface area contributed by atoms with Crippen LogP contribution < -0.4 is 5.32 Å². The number of aliphatic carboxylic acids is 1. The second-order valence-corrected chi connectivity index (χ2v) is 9.38. The minimum absolute atomic E-state index is 0.0349. The lowest BCUT2D eigenvalue weighted by atomic mass is 9.96. The van der Waals surface area contributed by atoms with Crippen LogP contribution in [0.15, 0.2) is 0 Å². The number of hydrogen-bond donors (Lipinski definition) is 2. The van der Waals surface area contributed by atoms with Crippen molar-refractivity contribution in [3.63, 3.8) is 0 Å². The molecule has 0 aromatic carbocycles. The molecule has 1 heterocycles. The molecule has 1 saturated heterocycles. The van der Waals surface area contributed by atoms with Crippen molar-refractivity contribution < 1.29 is 24.2 Å². The summed E-state index contributed by atoms with van der Waals surface area (Å²) in [5.74, 6) is 0.0101. The molecule has 7 nitrogen and oxygen atoms in total. The van der Waals surface area contributed by atoms with Crippen LogP contribution in [-0.4, -0.2) is 63.6 Å². The number of nitroso groups, excluding NO2 is 1. The third-order valence-electron chi connectivity index (χ3n) is 4.23. The average Bonchev–Trinajstić information content (AvgIpc) is 2.84. The van der Waals surface area contributed by atoms with Crippen LogP contribution in [0.5, 0.6) is 0 Å². The summed E-state index contributed by atoms with van der Waals surface area (Å²) in [5, 5.41) is 12.8. The zero-order valence-corrected chi connectivity index (χ0v) is 17.4. The first-order valence-corrected chi connectivity index (χ1v) is 10.3. The van der Waals surface area contributed by atoms with Crippen LogP contribution in [0.25, 0.3) is 0 Å². The van der Waals surface area contributed by atoms with E-state index in [1.54, 1.807) is 0 Å². The smallest absolute Gasteiger partial charge is 0.382 e. The van der Waals surface area contributed by atoms with Gasteiger partial charge in [-0.1, -0.05) is 13.8 Å². The highest BCUT2D eigenvalue weighted by Crippen LogP contribution is 2.25. The van der Waals surface area contributed by atoms with E-state index >= 15 is 0 Å². The van der Waals surface area contributed by atoms with E-state index in [2.05, 4.69) is 19.2 Å². The summed E-state index contributed by atoms with van der Waals surface area (Å²) < 4.78 is 5.99. The van der Waals surface area contributed by atoms with Crippen molar-refractivity contribution in [3.05, 3.63) is 4.91 Å². The van der Waals surface area contributed by atoms with Gasteiger partial charge in [-0.3, -0.25) is 4.79 Å². The van der Waals surface area contributed by atoms with Gasteiger partial charge < -0.3 is 15.2 Å². The first-order valence-electron chi connectivity index (χ1n) is 9.17. The van der Waals surface area contributed by atoms with Gasteiger partial charge in [0.25, 0.3) is 0 Å². The van der Waals surface area contributed by atoms with Gasteiger partial charge in [-0.05, 0) is 33.1 Å². The number of carbonyl (C=O) groups excluding carboxylic acids is 1. The highest BCUT2D eigenvalue weighted by atomic mass is 32.2. The van der Waals surface area contributed by atoms with Crippen LogP contribution in [0.2, 0.25) is 0 Å². The standard InChI is InChI=1S/C18H32N2O5S/c1-13(2)9-14(10-26-11-15(21)25-17(3,4)5)19-12-18(16(22)23)7-6-8-20(18)24/h13-14,19H,6-12H2,1-5H3/p+1/t14-,18+/m0/s1. The first kappa shape index (κ1) is 22.9. The van der Waals surface area contributed by atoms with Crippen molar-refractivity contribution in [3.8, 4) is 0 Å². The third kappa shape index (κ3) is 7.23. The Morgan fingerprint density at radius 2 is 2.00 bits per heavy atom. The fraction of sp³-hybridized carbons (Fsp3) is 0.889. The van der Waals surface area contributed by atoms with Gasteiger partial charge in [-0.2, -0.15) is 0 Å². The van der Waals surface area contributed by atoms with Gasteiger partial charge in [0, 0.05) is 34.3 Å². The predicted molar refractivity (Wildman–Crippen MR) is 103 cm³/mol. The van der Waals surface area contributed by atoms with Gasteiger partial charge in [0.05, 0.1) is 12.3 Å². The van der Waals surface area contributed by atoms with Crippen LogP contribution in [0.3, 0.4) is 0 Å². The van der Waals surface area contributed by atoms with Crippen molar-refractivity contribution in [1.29, 1.82) is 0 Å². The monoisotopic (exact) mass is 389 g/mol. The summed E-state index contributed by atoms with van der Waals surface area (Å²) in [6.07, 6.45) is 1.80. The Kier molecular flexibility index (Phi) is 8.53. The molecule has 0 spiro atoms. The number of ether oxygens (including phenoxy) is 1. The molecule has 2 atom stereocenters. The number of carboxylic acids is 1. The molecule has 0 amide bonds. The van der Waals surface area contributed by atoms with E-state index in [9.17, 15) is 19.6 Å². The fourth-order valence-corrected chi connectivity index (χ4v) is 3.95. The maximum atomic E-state index is 12.0. The van der Waals surface area contributed by atoms with E-state index in [0.717, 1.165) is 6.42 Å². The summed E-state index contributed by atoms with van der Waals surface area (Å²) in [7, 11) is 0. The third-order valence-corrected chi connectivity index (χ3v) is 5.30. The maximum Gasteiger partial charge on any atom is 0.382 e. The van der Waals surface area contributed by atoms with Crippen LogP contribution in [-0.2, 0) is 14.3 Å². The molecule has 1 aliphatic rings. The van der Waals surface area contributed by atoms with Crippen LogP contribution >= 0.6 is 11.8 Å². The van der Waals surface area contributed by atoms with Crippen LogP contribution in [0, 0.1) is 10.8 Å². The molecule has 2 N–H and O–H groups in total. The van der Waals surface area contributed by atoms with Crippen LogP contribution in [0.4, 0.5) is 0 Å². The molecule has 1 fully saturated rings. The highest BCUT2D eigenvalue weighted by Gasteiger charge is 2.56. The molecule has 0 aromatic heterocycles. The molecule has 0 unspecified atom stereocenters.